The average Bonchev–Trinajstić information content (AvgIpc) is 2.38. The zero-order chi connectivity index (χ0) is 15.9. The lowest BCUT2D eigenvalue weighted by molar-refractivity contribution is -0.172. The standard InChI is InChI=1S/C16H25NO4/c1-12(15(19)20-16(2,3)4)21-17-11-5-6-13-7-9-14(18)10-8-13/h7-10,12,17-18H,5-6,11H2,1-4H3. The summed E-state index contributed by atoms with van der Waals surface area (Å²) in [5.41, 5.74) is 3.42. The number of ether oxygens (including phenoxy) is 1. The van der Waals surface area contributed by atoms with Gasteiger partial charge in [0.05, 0.1) is 0 Å². The summed E-state index contributed by atoms with van der Waals surface area (Å²) < 4.78 is 5.21. The highest BCUT2D eigenvalue weighted by Crippen LogP contribution is 2.11. The Bertz CT molecular complexity index is 437. The summed E-state index contributed by atoms with van der Waals surface area (Å²) in [6.07, 6.45) is 1.10. The minimum absolute atomic E-state index is 0.270. The third-order valence-electron chi connectivity index (χ3n) is 2.68. The quantitative estimate of drug-likeness (QED) is 0.460. The second-order valence-electron chi connectivity index (χ2n) is 5.96. The molecule has 0 radical (unpaired) electrons. The van der Waals surface area contributed by atoms with Gasteiger partial charge in [-0.2, -0.15) is 0 Å². The van der Waals surface area contributed by atoms with Crippen molar-refractivity contribution in [2.45, 2.75) is 52.2 Å². The molecule has 0 saturated heterocycles. The third kappa shape index (κ3) is 7.68. The number of benzene rings is 1. The molecule has 1 aromatic carbocycles. The van der Waals surface area contributed by atoms with E-state index >= 15 is 0 Å². The zero-order valence-electron chi connectivity index (χ0n) is 13.2. The minimum Gasteiger partial charge on any atom is -0.508 e. The number of aromatic hydroxyl groups is 1. The maximum atomic E-state index is 11.7. The van der Waals surface area contributed by atoms with E-state index in [-0.39, 0.29) is 11.7 Å². The SMILES string of the molecule is CC(ONCCCc1ccc(O)cc1)C(=O)OC(C)(C)C. The molecule has 2 N–H and O–H groups in total. The second-order valence-corrected chi connectivity index (χ2v) is 5.96. The van der Waals surface area contributed by atoms with Crippen molar-refractivity contribution in [1.29, 1.82) is 0 Å². The summed E-state index contributed by atoms with van der Waals surface area (Å²) in [5, 5.41) is 9.18. The second kappa shape index (κ2) is 8.00. The molecule has 0 saturated carbocycles. The average molecular weight is 295 g/mol. The van der Waals surface area contributed by atoms with E-state index in [1.807, 2.05) is 32.9 Å². The molecule has 21 heavy (non-hydrogen) atoms. The molecule has 0 aliphatic heterocycles. The maximum absolute atomic E-state index is 11.7. The first-order valence-corrected chi connectivity index (χ1v) is 7.17. The molecule has 0 bridgehead atoms. The van der Waals surface area contributed by atoms with Gasteiger partial charge in [-0.05, 0) is 58.2 Å². The van der Waals surface area contributed by atoms with E-state index in [0.717, 1.165) is 18.4 Å². The number of carbonyl (C=O) groups excluding carboxylic acids is 1. The van der Waals surface area contributed by atoms with Crippen LogP contribution in [0.3, 0.4) is 0 Å². The summed E-state index contributed by atoms with van der Waals surface area (Å²) in [6, 6.07) is 7.12. The van der Waals surface area contributed by atoms with Crippen LogP contribution in [0.1, 0.15) is 39.7 Å². The van der Waals surface area contributed by atoms with E-state index in [0.29, 0.717) is 6.54 Å². The topological polar surface area (TPSA) is 67.8 Å². The molecule has 5 heteroatoms. The van der Waals surface area contributed by atoms with Crippen LogP contribution in [-0.2, 0) is 20.8 Å². The highest BCUT2D eigenvalue weighted by Gasteiger charge is 2.22. The molecular weight excluding hydrogens is 270 g/mol. The van der Waals surface area contributed by atoms with E-state index < -0.39 is 11.7 Å². The fourth-order valence-corrected chi connectivity index (χ4v) is 1.64. The molecule has 0 aromatic heterocycles. The maximum Gasteiger partial charge on any atom is 0.337 e. The Labute approximate surface area is 126 Å². The predicted octanol–water partition coefficient (Wildman–Crippen LogP) is 2.58. The largest absolute Gasteiger partial charge is 0.508 e. The van der Waals surface area contributed by atoms with Gasteiger partial charge in [0, 0.05) is 6.54 Å². The van der Waals surface area contributed by atoms with Gasteiger partial charge in [0.2, 0.25) is 0 Å². The summed E-state index contributed by atoms with van der Waals surface area (Å²) in [7, 11) is 0. The Morgan fingerprint density at radius 3 is 2.48 bits per heavy atom. The molecule has 1 aromatic rings. The number of hydrogen-bond donors (Lipinski definition) is 2. The molecule has 0 fully saturated rings. The van der Waals surface area contributed by atoms with Gasteiger partial charge in [0.1, 0.15) is 11.4 Å². The van der Waals surface area contributed by atoms with Crippen molar-refractivity contribution in [3.63, 3.8) is 0 Å². The molecular formula is C16H25NO4. The fraction of sp³-hybridized carbons (Fsp3) is 0.562. The summed E-state index contributed by atoms with van der Waals surface area (Å²) >= 11 is 0. The van der Waals surface area contributed by atoms with Gasteiger partial charge in [-0.3, -0.25) is 4.84 Å². The number of phenolic OH excluding ortho intramolecular Hbond substituents is 1. The van der Waals surface area contributed by atoms with Crippen LogP contribution in [0.15, 0.2) is 24.3 Å². The Kier molecular flexibility index (Phi) is 6.65. The van der Waals surface area contributed by atoms with E-state index in [1.54, 1.807) is 19.1 Å². The lowest BCUT2D eigenvalue weighted by Crippen LogP contribution is -2.35. The van der Waals surface area contributed by atoms with Crippen molar-refractivity contribution in [1.82, 2.24) is 5.48 Å². The van der Waals surface area contributed by atoms with Gasteiger partial charge in [-0.25, -0.2) is 10.3 Å². The Morgan fingerprint density at radius 1 is 1.29 bits per heavy atom. The van der Waals surface area contributed by atoms with Gasteiger partial charge in [-0.15, -0.1) is 0 Å². The molecule has 0 spiro atoms. The molecule has 118 valence electrons. The van der Waals surface area contributed by atoms with Crippen LogP contribution < -0.4 is 5.48 Å². The summed E-state index contributed by atoms with van der Waals surface area (Å²) in [6.45, 7) is 7.75. The molecule has 0 heterocycles. The normalized spacial score (nSPS) is 13.0. The number of aryl methyl sites for hydroxylation is 1. The van der Waals surface area contributed by atoms with Crippen molar-refractivity contribution in [3.05, 3.63) is 29.8 Å². The van der Waals surface area contributed by atoms with Gasteiger partial charge in [0.25, 0.3) is 0 Å². The Balaban J connectivity index is 2.16. The van der Waals surface area contributed by atoms with Crippen molar-refractivity contribution in [3.8, 4) is 5.75 Å². The Morgan fingerprint density at radius 2 is 1.90 bits per heavy atom. The molecule has 0 aliphatic carbocycles. The number of rotatable bonds is 7. The van der Waals surface area contributed by atoms with Gasteiger partial charge >= 0.3 is 5.97 Å². The lowest BCUT2D eigenvalue weighted by Gasteiger charge is -2.22. The van der Waals surface area contributed by atoms with Gasteiger partial charge in [-0.1, -0.05) is 12.1 Å². The lowest BCUT2D eigenvalue weighted by atomic mass is 10.1. The van der Waals surface area contributed by atoms with E-state index in [1.165, 1.54) is 0 Å². The van der Waals surface area contributed by atoms with Crippen molar-refractivity contribution in [2.24, 2.45) is 0 Å². The summed E-state index contributed by atoms with van der Waals surface area (Å²) in [4.78, 5) is 16.9. The number of carbonyl (C=O) groups is 1. The van der Waals surface area contributed by atoms with Crippen LogP contribution >= 0.6 is 0 Å². The monoisotopic (exact) mass is 295 g/mol. The smallest absolute Gasteiger partial charge is 0.337 e. The van der Waals surface area contributed by atoms with E-state index in [9.17, 15) is 9.90 Å². The zero-order valence-corrected chi connectivity index (χ0v) is 13.2. The van der Waals surface area contributed by atoms with Crippen LogP contribution in [0.5, 0.6) is 5.75 Å². The number of esters is 1. The van der Waals surface area contributed by atoms with E-state index in [2.05, 4.69) is 5.48 Å². The molecule has 0 amide bonds. The van der Waals surface area contributed by atoms with Crippen LogP contribution in [0.4, 0.5) is 0 Å². The molecule has 1 rings (SSSR count). The molecule has 0 aliphatic rings. The number of nitrogens with one attached hydrogen (secondary N) is 1. The number of hydroxylamine groups is 1. The van der Waals surface area contributed by atoms with Crippen molar-refractivity contribution >= 4 is 5.97 Å². The third-order valence-corrected chi connectivity index (χ3v) is 2.68. The predicted molar refractivity (Wildman–Crippen MR) is 80.8 cm³/mol. The fourth-order valence-electron chi connectivity index (χ4n) is 1.64. The minimum atomic E-state index is -0.641. The van der Waals surface area contributed by atoms with Crippen molar-refractivity contribution < 1.29 is 19.5 Å². The number of phenols is 1. The van der Waals surface area contributed by atoms with Crippen molar-refractivity contribution in [2.75, 3.05) is 6.54 Å². The van der Waals surface area contributed by atoms with Gasteiger partial charge in [0.15, 0.2) is 6.10 Å². The highest BCUT2D eigenvalue weighted by molar-refractivity contribution is 5.74. The molecule has 5 nitrogen and oxygen atoms in total. The first kappa shape index (κ1) is 17.5. The number of hydrogen-bond acceptors (Lipinski definition) is 5. The van der Waals surface area contributed by atoms with E-state index in [4.69, 9.17) is 9.57 Å². The molecule has 1 unspecified atom stereocenters. The Hall–Kier alpha value is -1.59. The summed E-state index contributed by atoms with van der Waals surface area (Å²) in [5.74, 6) is -0.111. The highest BCUT2D eigenvalue weighted by atomic mass is 16.7. The first-order valence-electron chi connectivity index (χ1n) is 7.17. The van der Waals surface area contributed by atoms with Gasteiger partial charge < -0.3 is 9.84 Å². The van der Waals surface area contributed by atoms with Crippen LogP contribution in [0.2, 0.25) is 0 Å². The van der Waals surface area contributed by atoms with Crippen LogP contribution in [-0.4, -0.2) is 29.3 Å². The van der Waals surface area contributed by atoms with Crippen LogP contribution in [0, 0.1) is 0 Å². The van der Waals surface area contributed by atoms with Crippen LogP contribution in [0.25, 0.3) is 0 Å². The first-order chi connectivity index (χ1) is 9.78. The molecule has 1 atom stereocenters.